The Morgan fingerprint density at radius 2 is 1.77 bits per heavy atom. The van der Waals surface area contributed by atoms with E-state index >= 15 is 0 Å². The van der Waals surface area contributed by atoms with E-state index in [1.807, 2.05) is 34.6 Å². The molecule has 1 fully saturated rings. The zero-order chi connectivity index (χ0) is 20.9. The number of likely N-dealkylation sites (tertiary alicyclic amines) is 1. The van der Waals surface area contributed by atoms with Crippen molar-refractivity contribution in [2.45, 2.75) is 43.1 Å². The van der Waals surface area contributed by atoms with Crippen molar-refractivity contribution in [1.29, 1.82) is 0 Å². The van der Waals surface area contributed by atoms with Gasteiger partial charge in [0.2, 0.25) is 5.91 Å². The van der Waals surface area contributed by atoms with E-state index in [4.69, 9.17) is 0 Å². The van der Waals surface area contributed by atoms with Gasteiger partial charge in [0.15, 0.2) is 11.0 Å². The van der Waals surface area contributed by atoms with E-state index in [-0.39, 0.29) is 17.0 Å². The van der Waals surface area contributed by atoms with Gasteiger partial charge in [-0.1, -0.05) is 54.2 Å². The SMILES string of the molecule is C[C@H](Sc1nnc(-c2ccccc2F)n1CCc1ccccc1)C(=O)N1CCCC1. The molecule has 1 saturated heterocycles. The Hall–Kier alpha value is -2.67. The molecule has 30 heavy (non-hydrogen) atoms. The number of rotatable bonds is 7. The molecule has 1 aliphatic rings. The molecule has 2 heterocycles. The van der Waals surface area contributed by atoms with Crippen LogP contribution < -0.4 is 0 Å². The summed E-state index contributed by atoms with van der Waals surface area (Å²) in [7, 11) is 0. The average molecular weight is 425 g/mol. The highest BCUT2D eigenvalue weighted by Crippen LogP contribution is 2.29. The van der Waals surface area contributed by atoms with Crippen molar-refractivity contribution in [2.24, 2.45) is 0 Å². The van der Waals surface area contributed by atoms with Gasteiger partial charge in [-0.2, -0.15) is 0 Å². The third-order valence-electron chi connectivity index (χ3n) is 5.35. The van der Waals surface area contributed by atoms with Crippen molar-refractivity contribution < 1.29 is 9.18 Å². The lowest BCUT2D eigenvalue weighted by Gasteiger charge is -2.20. The lowest BCUT2D eigenvalue weighted by atomic mass is 10.1. The largest absolute Gasteiger partial charge is 0.342 e. The molecule has 0 saturated carbocycles. The first-order valence-electron chi connectivity index (χ1n) is 10.3. The number of carbonyl (C=O) groups excluding carboxylic acids is 1. The molecule has 0 bridgehead atoms. The van der Waals surface area contributed by atoms with Crippen LogP contribution in [-0.4, -0.2) is 43.9 Å². The molecule has 1 aliphatic heterocycles. The maximum absolute atomic E-state index is 14.5. The van der Waals surface area contributed by atoms with Gasteiger partial charge in [0.25, 0.3) is 0 Å². The summed E-state index contributed by atoms with van der Waals surface area (Å²) in [5, 5.41) is 9.01. The summed E-state index contributed by atoms with van der Waals surface area (Å²) in [4.78, 5) is 14.7. The second-order valence-corrected chi connectivity index (χ2v) is 8.77. The fourth-order valence-corrected chi connectivity index (χ4v) is 4.67. The predicted molar refractivity (Wildman–Crippen MR) is 117 cm³/mol. The highest BCUT2D eigenvalue weighted by Gasteiger charge is 2.26. The van der Waals surface area contributed by atoms with Gasteiger partial charge in [-0.3, -0.25) is 4.79 Å². The minimum absolute atomic E-state index is 0.127. The van der Waals surface area contributed by atoms with E-state index in [0.717, 1.165) is 32.4 Å². The van der Waals surface area contributed by atoms with Crippen molar-refractivity contribution in [1.82, 2.24) is 19.7 Å². The van der Waals surface area contributed by atoms with Crippen LogP contribution in [0, 0.1) is 5.82 Å². The Kier molecular flexibility index (Phi) is 6.47. The van der Waals surface area contributed by atoms with Crippen LogP contribution in [0.2, 0.25) is 0 Å². The molecule has 1 atom stereocenters. The van der Waals surface area contributed by atoms with Gasteiger partial charge >= 0.3 is 0 Å². The highest BCUT2D eigenvalue weighted by atomic mass is 32.2. The number of aromatic nitrogens is 3. The van der Waals surface area contributed by atoms with Gasteiger partial charge in [0.1, 0.15) is 5.82 Å². The number of nitrogens with zero attached hydrogens (tertiary/aromatic N) is 4. The summed E-state index contributed by atoms with van der Waals surface area (Å²) in [5.74, 6) is 0.290. The molecule has 156 valence electrons. The average Bonchev–Trinajstić information content (AvgIpc) is 3.43. The summed E-state index contributed by atoms with van der Waals surface area (Å²) in [6.45, 7) is 4.16. The first kappa shape index (κ1) is 20.6. The van der Waals surface area contributed by atoms with Crippen LogP contribution in [0.25, 0.3) is 11.4 Å². The first-order valence-corrected chi connectivity index (χ1v) is 11.2. The van der Waals surface area contributed by atoms with Gasteiger partial charge in [-0.25, -0.2) is 4.39 Å². The van der Waals surface area contributed by atoms with E-state index < -0.39 is 0 Å². The Balaban J connectivity index is 1.60. The van der Waals surface area contributed by atoms with Crippen LogP contribution in [0.4, 0.5) is 4.39 Å². The third-order valence-corrected chi connectivity index (χ3v) is 6.41. The normalized spacial score (nSPS) is 14.8. The van der Waals surface area contributed by atoms with Gasteiger partial charge in [-0.05, 0) is 43.9 Å². The van der Waals surface area contributed by atoms with Gasteiger partial charge < -0.3 is 9.47 Å². The molecule has 4 rings (SSSR count). The van der Waals surface area contributed by atoms with Gasteiger partial charge in [-0.15, -0.1) is 10.2 Å². The molecule has 0 unspecified atom stereocenters. The zero-order valence-corrected chi connectivity index (χ0v) is 17.8. The molecule has 3 aromatic rings. The lowest BCUT2D eigenvalue weighted by Crippen LogP contribution is -2.34. The van der Waals surface area contributed by atoms with E-state index in [9.17, 15) is 9.18 Å². The van der Waals surface area contributed by atoms with E-state index in [0.29, 0.717) is 23.1 Å². The molecular formula is C23H25FN4OS. The highest BCUT2D eigenvalue weighted by molar-refractivity contribution is 8.00. The van der Waals surface area contributed by atoms with Gasteiger partial charge in [0, 0.05) is 19.6 Å². The molecular weight excluding hydrogens is 399 g/mol. The molecule has 5 nitrogen and oxygen atoms in total. The fourth-order valence-electron chi connectivity index (χ4n) is 3.71. The second kappa shape index (κ2) is 9.43. The zero-order valence-electron chi connectivity index (χ0n) is 17.0. The minimum Gasteiger partial charge on any atom is -0.342 e. The summed E-state index contributed by atoms with van der Waals surface area (Å²) in [6.07, 6.45) is 2.89. The van der Waals surface area contributed by atoms with E-state index in [1.54, 1.807) is 18.2 Å². The van der Waals surface area contributed by atoms with Gasteiger partial charge in [0.05, 0.1) is 10.8 Å². The molecule has 0 N–H and O–H groups in total. The van der Waals surface area contributed by atoms with Crippen LogP contribution in [-0.2, 0) is 17.8 Å². The van der Waals surface area contributed by atoms with Crippen molar-refractivity contribution >= 4 is 17.7 Å². The Bertz CT molecular complexity index is 1000. The number of aryl methyl sites for hydroxylation is 1. The maximum Gasteiger partial charge on any atom is 0.235 e. The van der Waals surface area contributed by atoms with Crippen LogP contribution in [0.15, 0.2) is 59.8 Å². The standard InChI is InChI=1S/C23H25FN4OS/c1-17(22(29)27-14-7-8-15-27)30-23-26-25-21(19-11-5-6-12-20(19)24)28(23)16-13-18-9-3-2-4-10-18/h2-6,9-12,17H,7-8,13-16H2,1H3/t17-/m0/s1. The van der Waals surface area contributed by atoms with E-state index in [1.165, 1.54) is 23.4 Å². The molecule has 1 amide bonds. The molecule has 0 aliphatic carbocycles. The number of hydrogen-bond donors (Lipinski definition) is 0. The molecule has 0 radical (unpaired) electrons. The number of hydrogen-bond acceptors (Lipinski definition) is 4. The number of thioether (sulfide) groups is 1. The predicted octanol–water partition coefficient (Wildman–Crippen LogP) is 4.43. The number of benzene rings is 2. The van der Waals surface area contributed by atoms with Crippen molar-refractivity contribution in [3.63, 3.8) is 0 Å². The molecule has 7 heteroatoms. The Morgan fingerprint density at radius 1 is 1.07 bits per heavy atom. The smallest absolute Gasteiger partial charge is 0.235 e. The minimum atomic E-state index is -0.330. The summed E-state index contributed by atoms with van der Waals surface area (Å²) >= 11 is 1.40. The quantitative estimate of drug-likeness (QED) is 0.527. The summed E-state index contributed by atoms with van der Waals surface area (Å²) in [5.41, 5.74) is 1.60. The third kappa shape index (κ3) is 4.56. The Labute approximate surface area is 180 Å². The molecule has 0 spiro atoms. The molecule has 1 aromatic heterocycles. The maximum atomic E-state index is 14.5. The molecule has 2 aromatic carbocycles. The summed E-state index contributed by atoms with van der Waals surface area (Å²) in [6, 6.07) is 16.7. The Morgan fingerprint density at radius 3 is 2.50 bits per heavy atom. The number of carbonyl (C=O) groups is 1. The van der Waals surface area contributed by atoms with Crippen LogP contribution in [0.3, 0.4) is 0 Å². The van der Waals surface area contributed by atoms with E-state index in [2.05, 4.69) is 22.3 Å². The number of amides is 1. The first-order chi connectivity index (χ1) is 14.6. The summed E-state index contributed by atoms with van der Waals surface area (Å²) < 4.78 is 16.4. The van der Waals surface area contributed by atoms with Crippen molar-refractivity contribution in [3.8, 4) is 11.4 Å². The van der Waals surface area contributed by atoms with Crippen LogP contribution in [0.1, 0.15) is 25.3 Å². The monoisotopic (exact) mass is 424 g/mol. The van der Waals surface area contributed by atoms with Crippen molar-refractivity contribution in [2.75, 3.05) is 13.1 Å². The topological polar surface area (TPSA) is 51.0 Å². The number of halogens is 1. The fraction of sp³-hybridized carbons (Fsp3) is 0.348. The van der Waals surface area contributed by atoms with Crippen molar-refractivity contribution in [3.05, 3.63) is 66.0 Å². The van der Waals surface area contributed by atoms with Crippen LogP contribution in [0.5, 0.6) is 0 Å². The lowest BCUT2D eigenvalue weighted by molar-refractivity contribution is -0.129. The van der Waals surface area contributed by atoms with Crippen LogP contribution >= 0.6 is 11.8 Å². The second-order valence-electron chi connectivity index (χ2n) is 7.47.